The second-order valence-electron chi connectivity index (χ2n) is 10.8. The van der Waals surface area contributed by atoms with E-state index in [0.717, 1.165) is 48.8 Å². The Balaban J connectivity index is 1.47. The second kappa shape index (κ2) is 7.67. The van der Waals surface area contributed by atoms with Crippen molar-refractivity contribution in [3.63, 3.8) is 0 Å². The molecule has 5 rings (SSSR count). The molecule has 1 aromatic rings. The first-order valence-corrected chi connectivity index (χ1v) is 11.4. The van der Waals surface area contributed by atoms with Crippen molar-refractivity contribution in [2.75, 3.05) is 0 Å². The molecule has 4 fully saturated rings. The van der Waals surface area contributed by atoms with Gasteiger partial charge in [-0.2, -0.15) is 0 Å². The van der Waals surface area contributed by atoms with E-state index >= 15 is 0 Å². The largest absolute Gasteiger partial charge is 0.481 e. The minimum absolute atomic E-state index is 0.0500. The number of hydrogen-bond donors (Lipinski definition) is 3. The van der Waals surface area contributed by atoms with E-state index in [2.05, 4.69) is 23.5 Å². The van der Waals surface area contributed by atoms with E-state index in [4.69, 9.17) is 5.11 Å². The highest BCUT2D eigenvalue weighted by molar-refractivity contribution is 5.87. The van der Waals surface area contributed by atoms with E-state index in [1.54, 1.807) is 0 Å². The van der Waals surface area contributed by atoms with Gasteiger partial charge in [0, 0.05) is 12.5 Å². The number of carbonyl (C=O) groups excluding carboxylic acids is 1. The fourth-order valence-corrected chi connectivity index (χ4v) is 6.49. The van der Waals surface area contributed by atoms with E-state index in [1.807, 2.05) is 20.8 Å². The molecule has 3 unspecified atom stereocenters. The highest BCUT2D eigenvalue weighted by Gasteiger charge is 2.55. The van der Waals surface area contributed by atoms with Crippen LogP contribution in [0.3, 0.4) is 0 Å². The summed E-state index contributed by atoms with van der Waals surface area (Å²) in [6, 6.07) is 6.39. The zero-order valence-corrected chi connectivity index (χ0v) is 18.4. The van der Waals surface area contributed by atoms with Gasteiger partial charge in [-0.05, 0) is 94.6 Å². The maximum Gasteiger partial charge on any atom is 0.303 e. The third-order valence-corrected chi connectivity index (χ3v) is 7.82. The molecule has 4 aliphatic rings. The third-order valence-electron chi connectivity index (χ3n) is 7.82. The Kier molecular flexibility index (Phi) is 5.46. The number of aliphatic carboxylic acids is 1. The molecule has 0 spiro atoms. The van der Waals surface area contributed by atoms with E-state index in [1.165, 1.54) is 0 Å². The first-order chi connectivity index (χ1) is 14.1. The number of nitrogens with one attached hydrogen (secondary N) is 1. The topological polar surface area (TPSA) is 86.6 Å². The number of benzene rings is 1. The smallest absolute Gasteiger partial charge is 0.303 e. The first-order valence-electron chi connectivity index (χ1n) is 11.4. The van der Waals surface area contributed by atoms with E-state index < -0.39 is 17.0 Å². The molecule has 164 valence electrons. The predicted molar refractivity (Wildman–Crippen MR) is 115 cm³/mol. The average Bonchev–Trinajstić information content (AvgIpc) is 2.62. The summed E-state index contributed by atoms with van der Waals surface area (Å²) in [5.41, 5.74) is 2.00. The van der Waals surface area contributed by atoms with Gasteiger partial charge >= 0.3 is 5.97 Å². The Morgan fingerprint density at radius 2 is 1.80 bits per heavy atom. The molecule has 30 heavy (non-hydrogen) atoms. The van der Waals surface area contributed by atoms with E-state index in [-0.39, 0.29) is 18.4 Å². The fourth-order valence-electron chi connectivity index (χ4n) is 6.49. The van der Waals surface area contributed by atoms with Crippen LogP contribution in [0.4, 0.5) is 0 Å². The van der Waals surface area contributed by atoms with E-state index in [9.17, 15) is 14.7 Å². The molecule has 0 heterocycles. The molecular weight excluding hydrogens is 378 g/mol. The zero-order valence-electron chi connectivity index (χ0n) is 18.4. The zero-order chi connectivity index (χ0) is 21.7. The molecule has 3 N–H and O–H groups in total. The number of aliphatic hydroxyl groups is 1. The molecule has 5 nitrogen and oxygen atoms in total. The Labute approximate surface area is 179 Å². The maximum atomic E-state index is 13.4. The Bertz CT molecular complexity index is 830. The van der Waals surface area contributed by atoms with Crippen molar-refractivity contribution in [1.29, 1.82) is 0 Å². The van der Waals surface area contributed by atoms with Crippen molar-refractivity contribution < 1.29 is 19.8 Å². The van der Waals surface area contributed by atoms with Crippen LogP contribution >= 0.6 is 0 Å². The molecular formula is C25H35NO4. The average molecular weight is 414 g/mol. The monoisotopic (exact) mass is 413 g/mol. The number of aryl methyl sites for hydroxylation is 2. The number of hydrogen-bond acceptors (Lipinski definition) is 3. The summed E-state index contributed by atoms with van der Waals surface area (Å²) in [7, 11) is 0. The maximum absolute atomic E-state index is 13.4. The molecule has 4 bridgehead atoms. The normalized spacial score (nSPS) is 32.3. The number of rotatable bonds is 7. The van der Waals surface area contributed by atoms with Gasteiger partial charge in [-0.15, -0.1) is 0 Å². The van der Waals surface area contributed by atoms with Crippen LogP contribution in [0, 0.1) is 24.7 Å². The molecule has 0 aliphatic heterocycles. The first kappa shape index (κ1) is 21.4. The van der Waals surface area contributed by atoms with Crippen LogP contribution in [0.15, 0.2) is 18.2 Å². The van der Waals surface area contributed by atoms with Crippen LogP contribution in [0.2, 0.25) is 0 Å². The molecule has 1 amide bonds. The summed E-state index contributed by atoms with van der Waals surface area (Å²) in [6.45, 7) is 5.97. The molecule has 5 heteroatoms. The van der Waals surface area contributed by atoms with Gasteiger partial charge in [-0.1, -0.05) is 23.8 Å². The van der Waals surface area contributed by atoms with Crippen molar-refractivity contribution >= 4 is 11.9 Å². The van der Waals surface area contributed by atoms with Gasteiger partial charge in [-0.3, -0.25) is 9.59 Å². The molecule has 5 atom stereocenters. The standard InChI is InChI=1S/C25H35NO4/c1-15-7-16(5-4-6-21(27)28)11-20(8-15)24(2,3)23(29)26-22-18-9-17-10-19(22)14-25(30,12-17)13-18/h7-8,11,17-19,22,30H,4-6,9-10,12-14H2,1-3H3,(H,26,29)(H,27,28)/t17?,18-,19+,22?,25?. The molecule has 0 radical (unpaired) electrons. The summed E-state index contributed by atoms with van der Waals surface area (Å²) in [5.74, 6) is 0.686. The molecule has 4 aliphatic carbocycles. The van der Waals surface area contributed by atoms with Crippen molar-refractivity contribution in [3.8, 4) is 0 Å². The summed E-state index contributed by atoms with van der Waals surface area (Å²) >= 11 is 0. The van der Waals surface area contributed by atoms with Gasteiger partial charge in [0.1, 0.15) is 0 Å². The number of carboxylic acids is 1. The van der Waals surface area contributed by atoms with Gasteiger partial charge in [-0.25, -0.2) is 0 Å². The SMILES string of the molecule is Cc1cc(CCCC(=O)O)cc(C(C)(C)C(=O)NC2[C@@H]3CC4C[C@H]2CC(O)(C4)C3)c1. The van der Waals surface area contributed by atoms with Crippen molar-refractivity contribution in [2.45, 2.75) is 89.2 Å². The lowest BCUT2D eigenvalue weighted by Crippen LogP contribution is -2.62. The van der Waals surface area contributed by atoms with E-state index in [0.29, 0.717) is 30.6 Å². The number of amides is 1. The third kappa shape index (κ3) is 4.14. The molecule has 0 aromatic heterocycles. The number of carbonyl (C=O) groups is 2. The van der Waals surface area contributed by atoms with Gasteiger partial charge in [0.15, 0.2) is 0 Å². The lowest BCUT2D eigenvalue weighted by atomic mass is 9.52. The minimum Gasteiger partial charge on any atom is -0.481 e. The predicted octanol–water partition coefficient (Wildman–Crippen LogP) is 3.74. The van der Waals surface area contributed by atoms with Crippen molar-refractivity contribution in [3.05, 3.63) is 34.9 Å². The van der Waals surface area contributed by atoms with Crippen LogP contribution in [0.5, 0.6) is 0 Å². The second-order valence-corrected chi connectivity index (χ2v) is 10.8. The Morgan fingerprint density at radius 3 is 2.40 bits per heavy atom. The molecule has 0 saturated heterocycles. The van der Waals surface area contributed by atoms with Crippen LogP contribution in [0.25, 0.3) is 0 Å². The van der Waals surface area contributed by atoms with Crippen LogP contribution < -0.4 is 5.32 Å². The lowest BCUT2D eigenvalue weighted by Gasteiger charge is -2.58. The van der Waals surface area contributed by atoms with Crippen molar-refractivity contribution in [1.82, 2.24) is 5.32 Å². The van der Waals surface area contributed by atoms with Gasteiger partial charge in [0.05, 0.1) is 11.0 Å². The quantitative estimate of drug-likeness (QED) is 0.636. The molecule has 1 aromatic carbocycles. The highest BCUT2D eigenvalue weighted by atomic mass is 16.4. The van der Waals surface area contributed by atoms with Gasteiger partial charge < -0.3 is 15.5 Å². The van der Waals surface area contributed by atoms with Gasteiger partial charge in [0.2, 0.25) is 5.91 Å². The molecule has 4 saturated carbocycles. The van der Waals surface area contributed by atoms with Gasteiger partial charge in [0.25, 0.3) is 0 Å². The lowest BCUT2D eigenvalue weighted by molar-refractivity contribution is -0.148. The van der Waals surface area contributed by atoms with Crippen LogP contribution in [-0.4, -0.2) is 33.7 Å². The highest BCUT2D eigenvalue weighted by Crippen LogP contribution is 2.55. The Morgan fingerprint density at radius 1 is 1.13 bits per heavy atom. The summed E-state index contributed by atoms with van der Waals surface area (Å²) in [6.07, 6.45) is 6.30. The minimum atomic E-state index is -0.775. The number of carboxylic acid groups (broad SMARTS) is 1. The summed E-state index contributed by atoms with van der Waals surface area (Å²) in [4.78, 5) is 24.2. The van der Waals surface area contributed by atoms with Crippen LogP contribution in [0.1, 0.15) is 75.5 Å². The summed E-state index contributed by atoms with van der Waals surface area (Å²) < 4.78 is 0. The van der Waals surface area contributed by atoms with Crippen molar-refractivity contribution in [2.24, 2.45) is 17.8 Å². The fraction of sp³-hybridized carbons (Fsp3) is 0.680. The Hall–Kier alpha value is -1.88. The summed E-state index contributed by atoms with van der Waals surface area (Å²) in [5, 5.41) is 23.1. The van der Waals surface area contributed by atoms with Crippen LogP contribution in [-0.2, 0) is 21.4 Å².